The van der Waals surface area contributed by atoms with E-state index in [1.54, 1.807) is 48.5 Å². The summed E-state index contributed by atoms with van der Waals surface area (Å²) in [6.45, 7) is 0.338. The number of nitrogens with one attached hydrogen (secondary N) is 1. The monoisotopic (exact) mass is 594 g/mol. The number of halogens is 2. The van der Waals surface area contributed by atoms with Crippen LogP contribution in [0.25, 0.3) is 6.08 Å². The van der Waals surface area contributed by atoms with Crippen LogP contribution in [0.2, 0.25) is 5.02 Å². The van der Waals surface area contributed by atoms with E-state index in [9.17, 15) is 14.4 Å². The molecule has 3 aromatic rings. The van der Waals surface area contributed by atoms with E-state index in [0.717, 1.165) is 10.5 Å². The number of urea groups is 1. The number of ether oxygens (including phenoxy) is 3. The van der Waals surface area contributed by atoms with E-state index in [-0.39, 0.29) is 17.9 Å². The molecule has 38 heavy (non-hydrogen) atoms. The Kier molecular flexibility index (Phi) is 8.36. The van der Waals surface area contributed by atoms with Crippen molar-refractivity contribution >= 4 is 57.1 Å². The zero-order valence-electron chi connectivity index (χ0n) is 20.0. The third kappa shape index (κ3) is 5.99. The van der Waals surface area contributed by atoms with Crippen molar-refractivity contribution in [2.24, 2.45) is 0 Å². The van der Waals surface area contributed by atoms with Gasteiger partial charge in [0.2, 0.25) is 0 Å². The summed E-state index contributed by atoms with van der Waals surface area (Å²) < 4.78 is 17.1. The van der Waals surface area contributed by atoms with Gasteiger partial charge in [0.25, 0.3) is 11.8 Å². The largest absolute Gasteiger partial charge is 0.493 e. The number of barbiturate groups is 1. The molecule has 0 unspecified atom stereocenters. The summed E-state index contributed by atoms with van der Waals surface area (Å²) in [6.07, 6.45) is 6.62. The number of rotatable bonds is 8. The molecule has 1 N–H and O–H groups in total. The molecule has 1 aliphatic heterocycles. The third-order valence-corrected chi connectivity index (χ3v) is 6.22. The van der Waals surface area contributed by atoms with Crippen LogP contribution in [0.15, 0.2) is 70.7 Å². The molecule has 10 heteroatoms. The van der Waals surface area contributed by atoms with Gasteiger partial charge in [0, 0.05) is 5.02 Å². The zero-order chi connectivity index (χ0) is 27.2. The lowest BCUT2D eigenvalue weighted by atomic mass is 10.1. The first-order valence-corrected chi connectivity index (χ1v) is 12.3. The van der Waals surface area contributed by atoms with Gasteiger partial charge >= 0.3 is 6.03 Å². The van der Waals surface area contributed by atoms with Crippen molar-refractivity contribution < 1.29 is 28.6 Å². The van der Waals surface area contributed by atoms with Gasteiger partial charge in [-0.05, 0) is 81.7 Å². The van der Waals surface area contributed by atoms with Crippen LogP contribution in [0.4, 0.5) is 10.5 Å². The Morgan fingerprint density at radius 3 is 2.42 bits per heavy atom. The molecule has 192 valence electrons. The van der Waals surface area contributed by atoms with Gasteiger partial charge in [0.05, 0.1) is 17.3 Å². The maximum atomic E-state index is 13.3. The summed E-state index contributed by atoms with van der Waals surface area (Å²) in [5, 5.41) is 2.84. The quantitative estimate of drug-likeness (QED) is 0.214. The van der Waals surface area contributed by atoms with Crippen LogP contribution in [0.1, 0.15) is 11.1 Å². The van der Waals surface area contributed by atoms with E-state index in [4.69, 9.17) is 32.2 Å². The molecule has 0 aromatic heterocycles. The lowest BCUT2D eigenvalue weighted by molar-refractivity contribution is -0.122. The maximum Gasteiger partial charge on any atom is 0.335 e. The second-order valence-electron chi connectivity index (χ2n) is 7.89. The van der Waals surface area contributed by atoms with Crippen molar-refractivity contribution in [3.63, 3.8) is 0 Å². The summed E-state index contributed by atoms with van der Waals surface area (Å²) >= 11 is 9.29. The van der Waals surface area contributed by atoms with Gasteiger partial charge in [-0.25, -0.2) is 9.69 Å². The molecule has 3 aromatic carbocycles. The van der Waals surface area contributed by atoms with E-state index >= 15 is 0 Å². The Labute approximate surface area is 232 Å². The van der Waals surface area contributed by atoms with Crippen molar-refractivity contribution in [2.75, 3.05) is 18.6 Å². The highest BCUT2D eigenvalue weighted by Crippen LogP contribution is 2.37. The number of terminal acetylenes is 1. The molecule has 4 rings (SSSR count). The molecule has 8 nitrogen and oxygen atoms in total. The van der Waals surface area contributed by atoms with Crippen LogP contribution in [-0.2, 0) is 16.2 Å². The van der Waals surface area contributed by atoms with Crippen molar-refractivity contribution in [2.45, 2.75) is 6.61 Å². The zero-order valence-corrected chi connectivity index (χ0v) is 22.3. The fraction of sp³-hybridized carbons (Fsp3) is 0.107. The Balaban J connectivity index is 1.55. The molecule has 0 spiro atoms. The summed E-state index contributed by atoms with van der Waals surface area (Å²) in [4.78, 5) is 39.3. The lowest BCUT2D eigenvalue weighted by Crippen LogP contribution is -2.54. The van der Waals surface area contributed by atoms with Crippen molar-refractivity contribution in [3.8, 4) is 29.6 Å². The van der Waals surface area contributed by atoms with Crippen LogP contribution in [-0.4, -0.2) is 31.6 Å². The summed E-state index contributed by atoms with van der Waals surface area (Å²) in [6, 6.07) is 16.0. The average Bonchev–Trinajstić information content (AvgIpc) is 2.90. The van der Waals surface area contributed by atoms with Crippen LogP contribution in [0, 0.1) is 12.3 Å². The van der Waals surface area contributed by atoms with Gasteiger partial charge in [-0.3, -0.25) is 14.9 Å². The van der Waals surface area contributed by atoms with Gasteiger partial charge in [0.1, 0.15) is 24.5 Å². The van der Waals surface area contributed by atoms with E-state index in [1.807, 2.05) is 12.1 Å². The SMILES string of the molecule is C#CCOc1c(Br)cc(/C=C2\C(=O)NC(=O)N(c3ccc(OCc4ccc(Cl)cc4)cc3)C2=O)cc1OC. The number of imide groups is 2. The second kappa shape index (κ2) is 11.9. The molecule has 4 amide bonds. The number of carbonyl (C=O) groups excluding carboxylic acids is 3. The predicted octanol–water partition coefficient (Wildman–Crippen LogP) is 5.37. The topological polar surface area (TPSA) is 94.2 Å². The maximum absolute atomic E-state index is 13.3. The van der Waals surface area contributed by atoms with Gasteiger partial charge in [-0.2, -0.15) is 0 Å². The molecular formula is C28H20BrClN2O6. The molecule has 0 bridgehead atoms. The van der Waals surface area contributed by atoms with Crippen LogP contribution >= 0.6 is 27.5 Å². The van der Waals surface area contributed by atoms with Crippen molar-refractivity contribution in [3.05, 3.63) is 86.9 Å². The molecule has 0 saturated carbocycles. The predicted molar refractivity (Wildman–Crippen MR) is 146 cm³/mol. The van der Waals surface area contributed by atoms with E-state index in [1.165, 1.54) is 13.2 Å². The molecule has 1 heterocycles. The number of anilines is 1. The van der Waals surface area contributed by atoms with Crippen molar-refractivity contribution in [1.29, 1.82) is 0 Å². The summed E-state index contributed by atoms with van der Waals surface area (Å²) in [5.74, 6) is 2.02. The van der Waals surface area contributed by atoms with E-state index in [0.29, 0.717) is 38.9 Å². The van der Waals surface area contributed by atoms with E-state index < -0.39 is 17.8 Å². The van der Waals surface area contributed by atoms with Crippen LogP contribution in [0.3, 0.4) is 0 Å². The number of hydrogen-bond acceptors (Lipinski definition) is 6. The van der Waals surface area contributed by atoms with Gasteiger partial charge in [-0.15, -0.1) is 6.42 Å². The fourth-order valence-electron chi connectivity index (χ4n) is 3.57. The van der Waals surface area contributed by atoms with E-state index in [2.05, 4.69) is 27.2 Å². The standard InChI is InChI=1S/C28H20BrClN2O6/c1-3-12-37-25-23(29)14-18(15-24(25)36-2)13-22-26(33)31-28(35)32(27(22)34)20-8-10-21(11-9-20)38-16-17-4-6-19(30)7-5-17/h1,4-11,13-15H,12,16H2,2H3,(H,31,33,35)/b22-13+. The average molecular weight is 596 g/mol. The van der Waals surface area contributed by atoms with Gasteiger partial charge < -0.3 is 14.2 Å². The number of benzene rings is 3. The Morgan fingerprint density at radius 2 is 1.76 bits per heavy atom. The minimum absolute atomic E-state index is 0.0261. The second-order valence-corrected chi connectivity index (χ2v) is 9.18. The van der Waals surface area contributed by atoms with Crippen LogP contribution < -0.4 is 24.4 Å². The summed E-state index contributed by atoms with van der Waals surface area (Å²) in [5.41, 5.74) is 1.41. The molecule has 1 fully saturated rings. The number of hydrogen-bond donors (Lipinski definition) is 1. The number of carbonyl (C=O) groups is 3. The highest BCUT2D eigenvalue weighted by molar-refractivity contribution is 9.10. The third-order valence-electron chi connectivity index (χ3n) is 5.38. The minimum atomic E-state index is -0.858. The Bertz CT molecular complexity index is 1460. The highest BCUT2D eigenvalue weighted by atomic mass is 79.9. The molecule has 0 atom stereocenters. The first-order chi connectivity index (χ1) is 18.3. The Morgan fingerprint density at radius 1 is 1.05 bits per heavy atom. The van der Waals surface area contributed by atoms with Crippen molar-refractivity contribution in [1.82, 2.24) is 5.32 Å². The first kappa shape index (κ1) is 26.8. The first-order valence-electron chi connectivity index (χ1n) is 11.1. The smallest absolute Gasteiger partial charge is 0.335 e. The van der Waals surface area contributed by atoms with Crippen LogP contribution in [0.5, 0.6) is 17.2 Å². The number of amides is 4. The highest BCUT2D eigenvalue weighted by Gasteiger charge is 2.37. The lowest BCUT2D eigenvalue weighted by Gasteiger charge is -2.26. The molecular weight excluding hydrogens is 576 g/mol. The molecule has 1 aliphatic rings. The normalized spacial score (nSPS) is 14.2. The fourth-order valence-corrected chi connectivity index (χ4v) is 4.27. The number of methoxy groups -OCH3 is 1. The number of nitrogens with zero attached hydrogens (tertiary/aromatic N) is 1. The molecule has 0 aliphatic carbocycles. The Hall–Kier alpha value is -4.26. The molecule has 0 radical (unpaired) electrons. The molecule has 1 saturated heterocycles. The summed E-state index contributed by atoms with van der Waals surface area (Å²) in [7, 11) is 1.45. The van der Waals surface area contributed by atoms with Gasteiger partial charge in [-0.1, -0.05) is 29.7 Å². The van der Waals surface area contributed by atoms with Gasteiger partial charge in [0.15, 0.2) is 11.5 Å². The minimum Gasteiger partial charge on any atom is -0.493 e.